The number of hydrogen-bond acceptors (Lipinski definition) is 2. The van der Waals surface area contributed by atoms with Crippen LogP contribution in [0.3, 0.4) is 0 Å². The number of benzene rings is 1. The molecule has 0 amide bonds. The van der Waals surface area contributed by atoms with Crippen molar-refractivity contribution in [2.24, 2.45) is 0 Å². The van der Waals surface area contributed by atoms with Gasteiger partial charge in [-0.25, -0.2) is 0 Å². The first-order chi connectivity index (χ1) is 6.27. The van der Waals surface area contributed by atoms with E-state index in [-0.39, 0.29) is 6.04 Å². The molecule has 0 saturated heterocycles. The van der Waals surface area contributed by atoms with Crippen molar-refractivity contribution < 1.29 is 4.84 Å². The Bertz CT molecular complexity index is 314. The van der Waals surface area contributed by atoms with Crippen LogP contribution in [0.2, 0.25) is 5.02 Å². The Hall–Kier alpha value is -0.570. The predicted octanol–water partition coefficient (Wildman–Crippen LogP) is 2.48. The third-order valence-electron chi connectivity index (χ3n) is 2.31. The highest BCUT2D eigenvalue weighted by molar-refractivity contribution is 6.30. The average Bonchev–Trinajstić information content (AvgIpc) is 2.28. The van der Waals surface area contributed by atoms with Crippen LogP contribution >= 0.6 is 11.6 Å². The zero-order valence-corrected chi connectivity index (χ0v) is 8.27. The maximum Gasteiger partial charge on any atom is 0.0722 e. The monoisotopic (exact) mass is 197 g/mol. The molecule has 0 bridgehead atoms. The Balaban J connectivity index is 2.42. The molecule has 1 aliphatic rings. The summed E-state index contributed by atoms with van der Waals surface area (Å²) < 4.78 is 0. The third kappa shape index (κ3) is 1.85. The SMILES string of the molecule is CC1NOCCc2cc(Cl)ccc21. The van der Waals surface area contributed by atoms with Gasteiger partial charge in [-0.05, 0) is 36.6 Å². The van der Waals surface area contributed by atoms with Crippen molar-refractivity contribution in [2.75, 3.05) is 6.61 Å². The van der Waals surface area contributed by atoms with Gasteiger partial charge in [-0.3, -0.25) is 0 Å². The molecule has 1 aliphatic heterocycles. The summed E-state index contributed by atoms with van der Waals surface area (Å²) in [7, 11) is 0. The Kier molecular flexibility index (Phi) is 2.54. The molecule has 0 aromatic heterocycles. The molecule has 2 rings (SSSR count). The summed E-state index contributed by atoms with van der Waals surface area (Å²) in [5, 5.41) is 0.799. The first kappa shape index (κ1) is 9.00. The van der Waals surface area contributed by atoms with E-state index in [2.05, 4.69) is 18.5 Å². The van der Waals surface area contributed by atoms with E-state index >= 15 is 0 Å². The van der Waals surface area contributed by atoms with Crippen LogP contribution < -0.4 is 5.48 Å². The van der Waals surface area contributed by atoms with Gasteiger partial charge in [0.2, 0.25) is 0 Å². The van der Waals surface area contributed by atoms with Gasteiger partial charge in [0.1, 0.15) is 0 Å². The molecule has 0 radical (unpaired) electrons. The summed E-state index contributed by atoms with van der Waals surface area (Å²) in [6, 6.07) is 6.24. The number of hydrogen-bond donors (Lipinski definition) is 1. The molecule has 1 heterocycles. The molecule has 0 spiro atoms. The Morgan fingerprint density at radius 3 is 3.23 bits per heavy atom. The van der Waals surface area contributed by atoms with Crippen LogP contribution in [-0.4, -0.2) is 6.61 Å². The van der Waals surface area contributed by atoms with Crippen molar-refractivity contribution in [3.05, 3.63) is 34.3 Å². The van der Waals surface area contributed by atoms with Crippen molar-refractivity contribution in [3.8, 4) is 0 Å². The summed E-state index contributed by atoms with van der Waals surface area (Å²) in [6.45, 7) is 2.79. The molecule has 1 aromatic carbocycles. The van der Waals surface area contributed by atoms with E-state index in [1.54, 1.807) is 0 Å². The van der Waals surface area contributed by atoms with E-state index in [9.17, 15) is 0 Å². The van der Waals surface area contributed by atoms with Gasteiger partial charge in [-0.15, -0.1) is 0 Å². The standard InChI is InChI=1S/C10H12ClNO/c1-7-10-3-2-9(11)6-8(10)4-5-13-12-7/h2-3,6-7,12H,4-5H2,1H3. The fourth-order valence-corrected chi connectivity index (χ4v) is 1.82. The van der Waals surface area contributed by atoms with Crippen LogP contribution in [0.15, 0.2) is 18.2 Å². The molecule has 1 unspecified atom stereocenters. The van der Waals surface area contributed by atoms with E-state index in [0.717, 1.165) is 11.4 Å². The fraction of sp³-hybridized carbons (Fsp3) is 0.400. The van der Waals surface area contributed by atoms with Gasteiger partial charge in [0.05, 0.1) is 12.6 Å². The Labute approximate surface area is 82.8 Å². The molecule has 0 aliphatic carbocycles. The van der Waals surface area contributed by atoms with E-state index in [1.165, 1.54) is 11.1 Å². The van der Waals surface area contributed by atoms with E-state index in [4.69, 9.17) is 16.4 Å². The number of halogens is 1. The van der Waals surface area contributed by atoms with Gasteiger partial charge in [0.15, 0.2) is 0 Å². The normalized spacial score (nSPS) is 22.2. The Morgan fingerprint density at radius 2 is 2.38 bits per heavy atom. The van der Waals surface area contributed by atoms with Crippen molar-refractivity contribution in [1.82, 2.24) is 5.48 Å². The van der Waals surface area contributed by atoms with Crippen LogP contribution in [0, 0.1) is 0 Å². The molecule has 2 nitrogen and oxygen atoms in total. The molecule has 13 heavy (non-hydrogen) atoms. The molecular weight excluding hydrogens is 186 g/mol. The minimum Gasteiger partial charge on any atom is -0.301 e. The van der Waals surface area contributed by atoms with E-state index < -0.39 is 0 Å². The lowest BCUT2D eigenvalue weighted by Gasteiger charge is -2.12. The van der Waals surface area contributed by atoms with Crippen molar-refractivity contribution >= 4 is 11.6 Å². The van der Waals surface area contributed by atoms with Crippen LogP contribution in [0.25, 0.3) is 0 Å². The third-order valence-corrected chi connectivity index (χ3v) is 2.54. The van der Waals surface area contributed by atoms with Gasteiger partial charge in [-0.1, -0.05) is 17.7 Å². The molecule has 1 atom stereocenters. The number of rotatable bonds is 0. The second-order valence-corrected chi connectivity index (χ2v) is 3.72. The van der Waals surface area contributed by atoms with Gasteiger partial charge in [0, 0.05) is 5.02 Å². The molecule has 70 valence electrons. The minimum absolute atomic E-state index is 0.245. The highest BCUT2D eigenvalue weighted by Gasteiger charge is 2.14. The lowest BCUT2D eigenvalue weighted by molar-refractivity contribution is 0.0278. The molecular formula is C10H12ClNO. The lowest BCUT2D eigenvalue weighted by Crippen LogP contribution is -2.17. The first-order valence-electron chi connectivity index (χ1n) is 4.43. The van der Waals surface area contributed by atoms with Gasteiger partial charge < -0.3 is 4.84 Å². The van der Waals surface area contributed by atoms with Gasteiger partial charge >= 0.3 is 0 Å². The van der Waals surface area contributed by atoms with E-state index in [0.29, 0.717) is 6.61 Å². The first-order valence-corrected chi connectivity index (χ1v) is 4.81. The number of nitrogens with one attached hydrogen (secondary N) is 1. The molecule has 1 N–H and O–H groups in total. The maximum absolute atomic E-state index is 5.92. The van der Waals surface area contributed by atoms with Crippen LogP contribution in [0.5, 0.6) is 0 Å². The molecule has 0 saturated carbocycles. The average molecular weight is 198 g/mol. The Morgan fingerprint density at radius 1 is 1.54 bits per heavy atom. The highest BCUT2D eigenvalue weighted by atomic mass is 35.5. The van der Waals surface area contributed by atoms with Crippen LogP contribution in [-0.2, 0) is 11.3 Å². The highest BCUT2D eigenvalue weighted by Crippen LogP contribution is 2.24. The van der Waals surface area contributed by atoms with Gasteiger partial charge in [-0.2, -0.15) is 5.48 Å². The zero-order chi connectivity index (χ0) is 9.26. The minimum atomic E-state index is 0.245. The maximum atomic E-state index is 5.92. The van der Waals surface area contributed by atoms with Crippen molar-refractivity contribution in [3.63, 3.8) is 0 Å². The summed E-state index contributed by atoms with van der Waals surface area (Å²) in [4.78, 5) is 5.24. The summed E-state index contributed by atoms with van der Waals surface area (Å²) in [6.07, 6.45) is 0.924. The van der Waals surface area contributed by atoms with Crippen LogP contribution in [0.4, 0.5) is 0 Å². The molecule has 0 fully saturated rings. The number of hydroxylamine groups is 1. The summed E-state index contributed by atoms with van der Waals surface area (Å²) in [5.74, 6) is 0. The smallest absolute Gasteiger partial charge is 0.0722 e. The van der Waals surface area contributed by atoms with Crippen molar-refractivity contribution in [2.45, 2.75) is 19.4 Å². The topological polar surface area (TPSA) is 21.3 Å². The zero-order valence-electron chi connectivity index (χ0n) is 7.51. The largest absolute Gasteiger partial charge is 0.301 e. The fourth-order valence-electron chi connectivity index (χ4n) is 1.62. The van der Waals surface area contributed by atoms with E-state index in [1.807, 2.05) is 12.1 Å². The summed E-state index contributed by atoms with van der Waals surface area (Å²) >= 11 is 5.92. The second-order valence-electron chi connectivity index (χ2n) is 3.28. The predicted molar refractivity (Wildman–Crippen MR) is 52.7 cm³/mol. The second kappa shape index (κ2) is 3.66. The molecule has 3 heteroatoms. The molecule has 1 aromatic rings. The van der Waals surface area contributed by atoms with Gasteiger partial charge in [0.25, 0.3) is 0 Å². The quantitative estimate of drug-likeness (QED) is 0.690. The summed E-state index contributed by atoms with van der Waals surface area (Å²) in [5.41, 5.74) is 5.54. The lowest BCUT2D eigenvalue weighted by atomic mass is 10.0. The number of fused-ring (bicyclic) bond motifs is 1. The van der Waals surface area contributed by atoms with Crippen LogP contribution in [0.1, 0.15) is 24.1 Å². The van der Waals surface area contributed by atoms with Crippen molar-refractivity contribution in [1.29, 1.82) is 0 Å².